The van der Waals surface area contributed by atoms with E-state index in [-0.39, 0.29) is 5.91 Å². The largest absolute Gasteiger partial charge is 0.489 e. The molecule has 3 aromatic rings. The minimum absolute atomic E-state index is 0.0442. The number of carbonyl (C=O) groups is 1. The van der Waals surface area contributed by atoms with E-state index in [4.69, 9.17) is 0 Å². The SMILES string of the molecule is Cc1cc(C(=O)N(C)C)cnc1C1=CCN(Cc2cc3c(B(O)O)ccnc3n2C)CC1. The second-order valence-corrected chi connectivity index (χ2v) is 8.51. The molecular formula is C23H28BN5O3. The number of fused-ring (bicyclic) bond motifs is 1. The molecule has 32 heavy (non-hydrogen) atoms. The van der Waals surface area contributed by atoms with E-state index in [1.54, 1.807) is 37.5 Å². The Balaban J connectivity index is 1.50. The molecule has 1 aliphatic heterocycles. The minimum Gasteiger partial charge on any atom is -0.423 e. The number of hydrogen-bond donors (Lipinski definition) is 2. The third-order valence-electron chi connectivity index (χ3n) is 6.05. The van der Waals surface area contributed by atoms with Crippen molar-refractivity contribution in [2.75, 3.05) is 27.2 Å². The summed E-state index contributed by atoms with van der Waals surface area (Å²) in [4.78, 5) is 25.1. The van der Waals surface area contributed by atoms with Crippen molar-refractivity contribution in [3.05, 3.63) is 59.2 Å². The first-order chi connectivity index (χ1) is 15.3. The fraction of sp³-hybridized carbons (Fsp3) is 0.348. The van der Waals surface area contributed by atoms with Crippen molar-refractivity contribution >= 4 is 35.1 Å². The lowest BCUT2D eigenvalue weighted by molar-refractivity contribution is 0.0827. The Morgan fingerprint density at radius 3 is 2.66 bits per heavy atom. The molecule has 4 rings (SSSR count). The number of rotatable bonds is 5. The number of hydrogen-bond acceptors (Lipinski definition) is 6. The molecular weight excluding hydrogens is 405 g/mol. The predicted molar refractivity (Wildman–Crippen MR) is 125 cm³/mol. The highest BCUT2D eigenvalue weighted by atomic mass is 16.4. The van der Waals surface area contributed by atoms with Crippen LogP contribution in [0.1, 0.15) is 33.7 Å². The molecule has 0 fully saturated rings. The van der Waals surface area contributed by atoms with Gasteiger partial charge in [0.2, 0.25) is 0 Å². The standard InChI is InChI=1S/C23H28BN5O3/c1-15-11-17(23(30)27(2)3)13-26-21(15)16-6-9-29(10-7-16)14-18-12-19-20(24(31)32)5-8-25-22(19)28(18)4/h5-6,8,11-13,31-32H,7,9-10,14H2,1-4H3. The van der Waals surface area contributed by atoms with Gasteiger partial charge in [-0.25, -0.2) is 4.98 Å². The Morgan fingerprint density at radius 1 is 1.25 bits per heavy atom. The molecule has 0 aromatic carbocycles. The summed E-state index contributed by atoms with van der Waals surface area (Å²) in [6.45, 7) is 4.41. The third kappa shape index (κ3) is 4.19. The zero-order valence-electron chi connectivity index (χ0n) is 18.9. The fourth-order valence-electron chi connectivity index (χ4n) is 4.25. The van der Waals surface area contributed by atoms with Gasteiger partial charge in [0.05, 0.1) is 11.3 Å². The summed E-state index contributed by atoms with van der Waals surface area (Å²) >= 11 is 0. The summed E-state index contributed by atoms with van der Waals surface area (Å²) in [6, 6.07) is 5.54. The van der Waals surface area contributed by atoms with Crippen molar-refractivity contribution in [2.24, 2.45) is 7.05 Å². The summed E-state index contributed by atoms with van der Waals surface area (Å²) in [5, 5.41) is 20.1. The smallest absolute Gasteiger partial charge is 0.423 e. The first-order valence-corrected chi connectivity index (χ1v) is 10.7. The Bertz CT molecular complexity index is 1200. The number of aromatic nitrogens is 3. The van der Waals surface area contributed by atoms with E-state index in [9.17, 15) is 14.8 Å². The molecule has 8 nitrogen and oxygen atoms in total. The van der Waals surface area contributed by atoms with Gasteiger partial charge in [-0.3, -0.25) is 14.7 Å². The second-order valence-electron chi connectivity index (χ2n) is 8.51. The van der Waals surface area contributed by atoms with E-state index in [1.165, 1.54) is 5.57 Å². The molecule has 0 saturated carbocycles. The maximum atomic E-state index is 12.2. The second kappa shape index (κ2) is 8.86. The first-order valence-electron chi connectivity index (χ1n) is 10.7. The third-order valence-corrected chi connectivity index (χ3v) is 6.05. The lowest BCUT2D eigenvalue weighted by atomic mass is 9.79. The Kier molecular flexibility index (Phi) is 6.14. The number of pyridine rings is 2. The molecule has 0 bridgehead atoms. The molecule has 1 amide bonds. The van der Waals surface area contributed by atoms with Gasteiger partial charge in [0.1, 0.15) is 5.65 Å². The first kappa shape index (κ1) is 22.2. The van der Waals surface area contributed by atoms with Crippen LogP contribution in [0.15, 0.2) is 36.7 Å². The van der Waals surface area contributed by atoms with Crippen molar-refractivity contribution in [2.45, 2.75) is 19.9 Å². The van der Waals surface area contributed by atoms with Crippen molar-refractivity contribution in [3.8, 4) is 0 Å². The quantitative estimate of drug-likeness (QED) is 0.582. The van der Waals surface area contributed by atoms with E-state index in [0.29, 0.717) is 11.0 Å². The summed E-state index contributed by atoms with van der Waals surface area (Å²) in [6.07, 6.45) is 6.34. The highest BCUT2D eigenvalue weighted by Crippen LogP contribution is 2.25. The molecule has 0 radical (unpaired) electrons. The van der Waals surface area contributed by atoms with Gasteiger partial charge in [0.25, 0.3) is 5.91 Å². The summed E-state index contributed by atoms with van der Waals surface area (Å²) < 4.78 is 2.01. The van der Waals surface area contributed by atoms with Crippen molar-refractivity contribution < 1.29 is 14.8 Å². The van der Waals surface area contributed by atoms with E-state index >= 15 is 0 Å². The van der Waals surface area contributed by atoms with Crippen molar-refractivity contribution in [1.82, 2.24) is 24.3 Å². The monoisotopic (exact) mass is 433 g/mol. The molecule has 2 N–H and O–H groups in total. The van der Waals surface area contributed by atoms with Crippen LogP contribution in [0, 0.1) is 6.92 Å². The van der Waals surface area contributed by atoms with Crippen LogP contribution < -0.4 is 5.46 Å². The van der Waals surface area contributed by atoms with Gasteiger partial charge >= 0.3 is 7.12 Å². The molecule has 0 spiro atoms. The van der Waals surface area contributed by atoms with E-state index in [2.05, 4.69) is 20.9 Å². The van der Waals surface area contributed by atoms with Gasteiger partial charge in [-0.2, -0.15) is 0 Å². The highest BCUT2D eigenvalue weighted by Gasteiger charge is 2.21. The Labute approximate surface area is 188 Å². The van der Waals surface area contributed by atoms with Crippen LogP contribution in [0.4, 0.5) is 0 Å². The average molecular weight is 433 g/mol. The average Bonchev–Trinajstić information content (AvgIpc) is 3.09. The molecule has 0 saturated heterocycles. The van der Waals surface area contributed by atoms with Gasteiger partial charge in [0, 0.05) is 64.3 Å². The topological polar surface area (TPSA) is 94.7 Å². The van der Waals surface area contributed by atoms with E-state index in [0.717, 1.165) is 54.0 Å². The predicted octanol–water partition coefficient (Wildman–Crippen LogP) is 0.948. The molecule has 0 aliphatic carbocycles. The van der Waals surface area contributed by atoms with Gasteiger partial charge < -0.3 is 19.5 Å². The molecule has 0 atom stereocenters. The zero-order chi connectivity index (χ0) is 23.0. The molecule has 0 unspecified atom stereocenters. The summed E-state index contributed by atoms with van der Waals surface area (Å²) in [5.41, 5.74) is 6.04. The molecule has 166 valence electrons. The summed E-state index contributed by atoms with van der Waals surface area (Å²) in [5.74, 6) is -0.0442. The zero-order valence-corrected chi connectivity index (χ0v) is 18.9. The Morgan fingerprint density at radius 2 is 2.03 bits per heavy atom. The lowest BCUT2D eigenvalue weighted by Crippen LogP contribution is -2.30. The van der Waals surface area contributed by atoms with Crippen molar-refractivity contribution in [3.63, 3.8) is 0 Å². The molecule has 3 aromatic heterocycles. The number of carbonyl (C=O) groups excluding carboxylic acids is 1. The normalized spacial score (nSPS) is 14.5. The highest BCUT2D eigenvalue weighted by molar-refractivity contribution is 6.61. The van der Waals surface area contributed by atoms with Crippen molar-refractivity contribution in [1.29, 1.82) is 0 Å². The number of amides is 1. The van der Waals surface area contributed by atoms with E-state index in [1.807, 2.05) is 30.7 Å². The van der Waals surface area contributed by atoms with Crippen LogP contribution in [-0.4, -0.2) is 74.6 Å². The fourth-order valence-corrected chi connectivity index (χ4v) is 4.25. The van der Waals surface area contributed by atoms with Gasteiger partial charge in [-0.1, -0.05) is 6.08 Å². The Hall–Kier alpha value is -3.01. The maximum Gasteiger partial charge on any atom is 0.489 e. The number of nitrogens with zero attached hydrogens (tertiary/aromatic N) is 5. The minimum atomic E-state index is -1.52. The van der Waals surface area contributed by atoms with Crippen LogP contribution in [-0.2, 0) is 13.6 Å². The van der Waals surface area contributed by atoms with Crippen LogP contribution in [0.2, 0.25) is 0 Å². The molecule has 9 heteroatoms. The molecule has 4 heterocycles. The van der Waals surface area contributed by atoms with Crippen LogP contribution in [0.25, 0.3) is 16.6 Å². The lowest BCUT2D eigenvalue weighted by Gasteiger charge is -2.26. The van der Waals surface area contributed by atoms with Crippen LogP contribution in [0.5, 0.6) is 0 Å². The van der Waals surface area contributed by atoms with Gasteiger partial charge in [0.15, 0.2) is 0 Å². The van der Waals surface area contributed by atoms with Gasteiger partial charge in [-0.05, 0) is 48.1 Å². The van der Waals surface area contributed by atoms with Crippen LogP contribution >= 0.6 is 0 Å². The van der Waals surface area contributed by atoms with E-state index < -0.39 is 7.12 Å². The maximum absolute atomic E-state index is 12.2. The van der Waals surface area contributed by atoms with Gasteiger partial charge in [-0.15, -0.1) is 0 Å². The van der Waals surface area contributed by atoms with Crippen LogP contribution in [0.3, 0.4) is 0 Å². The molecule has 1 aliphatic rings. The summed E-state index contributed by atoms with van der Waals surface area (Å²) in [7, 11) is 3.91. The number of aryl methyl sites for hydroxylation is 2.